The van der Waals surface area contributed by atoms with Gasteiger partial charge in [-0.05, 0) is 37.6 Å². The second-order valence-corrected chi connectivity index (χ2v) is 5.81. The Bertz CT molecular complexity index is 567. The Hall–Kier alpha value is -1.44. The first-order valence-corrected chi connectivity index (χ1v) is 7.13. The summed E-state index contributed by atoms with van der Waals surface area (Å²) in [6.45, 7) is 3.61. The topological polar surface area (TPSA) is 95.7 Å². The van der Waals surface area contributed by atoms with E-state index in [1.54, 1.807) is 13.8 Å². The monoisotopic (exact) mass is 287 g/mol. The van der Waals surface area contributed by atoms with Gasteiger partial charge in [-0.25, -0.2) is 18.4 Å². The minimum Gasteiger partial charge on any atom is -0.457 e. The molecule has 1 rings (SSSR count). The molecule has 0 saturated heterocycles. The Labute approximate surface area is 112 Å². The van der Waals surface area contributed by atoms with E-state index in [0.29, 0.717) is 5.56 Å². The molecule has 1 atom stereocenters. The quantitative estimate of drug-likeness (QED) is 0.809. The number of methoxy groups -OCH3 is 1. The predicted molar refractivity (Wildman–Crippen MR) is 69.3 cm³/mol. The summed E-state index contributed by atoms with van der Waals surface area (Å²) < 4.78 is 32.5. The van der Waals surface area contributed by atoms with Crippen LogP contribution in [0.1, 0.15) is 22.8 Å². The summed E-state index contributed by atoms with van der Waals surface area (Å²) in [5.74, 6) is -0.613. The first-order chi connectivity index (χ1) is 8.74. The van der Waals surface area contributed by atoms with Gasteiger partial charge in [0.1, 0.15) is 6.10 Å². The number of esters is 1. The zero-order valence-corrected chi connectivity index (χ0v) is 11.9. The predicted octanol–water partition coefficient (Wildman–Crippen LogP) is 0.834. The summed E-state index contributed by atoms with van der Waals surface area (Å²) in [4.78, 5) is 11.7. The molecule has 0 spiro atoms. The maximum Gasteiger partial charge on any atom is 0.338 e. The van der Waals surface area contributed by atoms with Crippen molar-refractivity contribution in [3.05, 3.63) is 29.3 Å². The molecule has 0 aromatic heterocycles. The van der Waals surface area contributed by atoms with Crippen molar-refractivity contribution in [1.29, 1.82) is 0 Å². The summed E-state index contributed by atoms with van der Waals surface area (Å²) in [7, 11) is -2.36. The largest absolute Gasteiger partial charge is 0.457 e. The van der Waals surface area contributed by atoms with Crippen molar-refractivity contribution in [3.8, 4) is 0 Å². The maximum atomic E-state index is 11.8. The normalized spacial score (nSPS) is 13.1. The van der Waals surface area contributed by atoms with Crippen LogP contribution in [0.4, 0.5) is 0 Å². The molecule has 6 nitrogen and oxygen atoms in total. The Morgan fingerprint density at radius 1 is 1.37 bits per heavy atom. The first-order valence-electron chi connectivity index (χ1n) is 5.58. The van der Waals surface area contributed by atoms with Gasteiger partial charge in [0.15, 0.2) is 0 Å². The molecule has 0 aliphatic carbocycles. The lowest BCUT2D eigenvalue weighted by atomic mass is 10.1. The van der Waals surface area contributed by atoms with Crippen LogP contribution in [0.15, 0.2) is 23.1 Å². The standard InChI is InChI=1S/C12H17NO5S/c1-8-4-10(6-11(5-8)19(13,15)16)12(14)18-9(2)7-17-3/h4-6,9H,7H2,1-3H3,(H2,13,15,16). The fraction of sp³-hybridized carbons (Fsp3) is 0.417. The summed E-state index contributed by atoms with van der Waals surface area (Å²) in [6, 6.07) is 4.13. The summed E-state index contributed by atoms with van der Waals surface area (Å²) in [5.41, 5.74) is 0.754. The molecule has 0 heterocycles. The smallest absolute Gasteiger partial charge is 0.338 e. The number of primary sulfonamides is 1. The second-order valence-electron chi connectivity index (χ2n) is 4.25. The lowest BCUT2D eigenvalue weighted by molar-refractivity contribution is 0.0120. The number of hydrogen-bond donors (Lipinski definition) is 1. The van der Waals surface area contributed by atoms with Crippen molar-refractivity contribution in [2.45, 2.75) is 24.8 Å². The summed E-state index contributed by atoms with van der Waals surface area (Å²) >= 11 is 0. The molecule has 0 amide bonds. The summed E-state index contributed by atoms with van der Waals surface area (Å²) in [5, 5.41) is 5.04. The van der Waals surface area contributed by atoms with Crippen molar-refractivity contribution in [2.24, 2.45) is 5.14 Å². The van der Waals surface area contributed by atoms with Crippen molar-refractivity contribution in [1.82, 2.24) is 0 Å². The molecule has 0 fully saturated rings. The zero-order valence-electron chi connectivity index (χ0n) is 11.0. The van der Waals surface area contributed by atoms with Gasteiger partial charge in [0.2, 0.25) is 10.0 Å². The Balaban J connectivity index is 3.01. The first kappa shape index (κ1) is 15.6. The van der Waals surface area contributed by atoms with Gasteiger partial charge >= 0.3 is 5.97 Å². The van der Waals surface area contributed by atoms with Crippen LogP contribution >= 0.6 is 0 Å². The van der Waals surface area contributed by atoms with Gasteiger partial charge in [0, 0.05) is 7.11 Å². The van der Waals surface area contributed by atoms with Gasteiger partial charge in [0.05, 0.1) is 17.1 Å². The van der Waals surface area contributed by atoms with Crippen LogP contribution in [0.2, 0.25) is 0 Å². The molecule has 0 aliphatic heterocycles. The molecule has 1 aromatic carbocycles. The third kappa shape index (κ3) is 4.62. The van der Waals surface area contributed by atoms with E-state index in [0.717, 1.165) is 0 Å². The molecule has 0 aliphatic rings. The van der Waals surface area contributed by atoms with Crippen LogP contribution in [-0.2, 0) is 19.5 Å². The van der Waals surface area contributed by atoms with E-state index in [2.05, 4.69) is 0 Å². The van der Waals surface area contributed by atoms with Crippen molar-refractivity contribution >= 4 is 16.0 Å². The highest BCUT2D eigenvalue weighted by Gasteiger charge is 2.16. The number of hydrogen-bond acceptors (Lipinski definition) is 5. The Kier molecular flexibility index (Phi) is 5.04. The van der Waals surface area contributed by atoms with Gasteiger partial charge in [-0.3, -0.25) is 0 Å². The molecule has 19 heavy (non-hydrogen) atoms. The lowest BCUT2D eigenvalue weighted by Gasteiger charge is -2.12. The molecular formula is C12H17NO5S. The number of benzene rings is 1. The second kappa shape index (κ2) is 6.14. The van der Waals surface area contributed by atoms with Crippen LogP contribution in [0.25, 0.3) is 0 Å². The zero-order chi connectivity index (χ0) is 14.6. The fourth-order valence-electron chi connectivity index (χ4n) is 1.55. The van der Waals surface area contributed by atoms with Gasteiger partial charge in [0.25, 0.3) is 0 Å². The van der Waals surface area contributed by atoms with Crippen LogP contribution < -0.4 is 5.14 Å². The molecule has 1 unspecified atom stereocenters. The Morgan fingerprint density at radius 3 is 2.53 bits per heavy atom. The van der Waals surface area contributed by atoms with Gasteiger partial charge in [-0.2, -0.15) is 0 Å². The molecule has 0 saturated carbocycles. The van der Waals surface area contributed by atoms with Crippen LogP contribution in [0.3, 0.4) is 0 Å². The van der Waals surface area contributed by atoms with E-state index >= 15 is 0 Å². The minimum atomic E-state index is -3.85. The minimum absolute atomic E-state index is 0.112. The molecule has 2 N–H and O–H groups in total. The maximum absolute atomic E-state index is 11.8. The number of carbonyl (C=O) groups excluding carboxylic acids is 1. The number of carbonyl (C=O) groups is 1. The SMILES string of the molecule is COCC(C)OC(=O)c1cc(C)cc(S(N)(=O)=O)c1. The van der Waals surface area contributed by atoms with E-state index in [1.807, 2.05) is 0 Å². The third-order valence-corrected chi connectivity index (χ3v) is 3.22. The molecular weight excluding hydrogens is 270 g/mol. The molecule has 7 heteroatoms. The average Bonchev–Trinajstić information content (AvgIpc) is 2.27. The van der Waals surface area contributed by atoms with E-state index < -0.39 is 22.1 Å². The highest BCUT2D eigenvalue weighted by Crippen LogP contribution is 2.15. The van der Waals surface area contributed by atoms with Crippen LogP contribution in [-0.4, -0.2) is 34.2 Å². The number of sulfonamides is 1. The molecule has 1 aromatic rings. The average molecular weight is 287 g/mol. The third-order valence-electron chi connectivity index (χ3n) is 2.32. The van der Waals surface area contributed by atoms with E-state index in [9.17, 15) is 13.2 Å². The van der Waals surface area contributed by atoms with Gasteiger partial charge in [-0.1, -0.05) is 0 Å². The van der Waals surface area contributed by atoms with E-state index in [-0.39, 0.29) is 17.1 Å². The van der Waals surface area contributed by atoms with Crippen LogP contribution in [0.5, 0.6) is 0 Å². The summed E-state index contributed by atoms with van der Waals surface area (Å²) in [6.07, 6.45) is -0.420. The number of rotatable bonds is 5. The number of aryl methyl sites for hydroxylation is 1. The molecule has 106 valence electrons. The van der Waals surface area contributed by atoms with Crippen LogP contribution in [0, 0.1) is 6.92 Å². The highest BCUT2D eigenvalue weighted by molar-refractivity contribution is 7.89. The van der Waals surface area contributed by atoms with E-state index in [1.165, 1.54) is 25.3 Å². The van der Waals surface area contributed by atoms with E-state index in [4.69, 9.17) is 14.6 Å². The van der Waals surface area contributed by atoms with Crippen molar-refractivity contribution in [2.75, 3.05) is 13.7 Å². The highest BCUT2D eigenvalue weighted by atomic mass is 32.2. The molecule has 0 bridgehead atoms. The lowest BCUT2D eigenvalue weighted by Crippen LogP contribution is -2.20. The van der Waals surface area contributed by atoms with Crippen molar-refractivity contribution in [3.63, 3.8) is 0 Å². The van der Waals surface area contributed by atoms with Crippen molar-refractivity contribution < 1.29 is 22.7 Å². The fourth-order valence-corrected chi connectivity index (χ4v) is 2.19. The molecule has 0 radical (unpaired) electrons. The Morgan fingerprint density at radius 2 is 2.00 bits per heavy atom. The van der Waals surface area contributed by atoms with Gasteiger partial charge < -0.3 is 9.47 Å². The number of nitrogens with two attached hydrogens (primary N) is 1. The van der Waals surface area contributed by atoms with Gasteiger partial charge in [-0.15, -0.1) is 0 Å². The number of ether oxygens (including phenoxy) is 2.